The average Bonchev–Trinajstić information content (AvgIpc) is 3.03. The molecule has 3 rings (SSSR count). The third kappa shape index (κ3) is 2.84. The fourth-order valence-electron chi connectivity index (χ4n) is 2.50. The quantitative estimate of drug-likeness (QED) is 0.922. The van der Waals surface area contributed by atoms with E-state index in [9.17, 15) is 4.79 Å². The molecule has 1 saturated carbocycles. The maximum atomic E-state index is 12.1. The average molecular weight is 271 g/mol. The number of pyridine rings is 1. The first-order valence-corrected chi connectivity index (χ1v) is 6.95. The lowest BCUT2D eigenvalue weighted by atomic mass is 9.95. The van der Waals surface area contributed by atoms with Crippen molar-refractivity contribution in [3.05, 3.63) is 36.5 Å². The van der Waals surface area contributed by atoms with Gasteiger partial charge in [0, 0.05) is 12.2 Å². The van der Waals surface area contributed by atoms with E-state index in [1.54, 1.807) is 29.3 Å². The summed E-state index contributed by atoms with van der Waals surface area (Å²) in [6, 6.07) is 3.85. The monoisotopic (exact) mass is 271 g/mol. The first-order chi connectivity index (χ1) is 9.83. The van der Waals surface area contributed by atoms with Crippen LogP contribution in [0, 0.1) is 0 Å². The van der Waals surface area contributed by atoms with E-state index in [0.29, 0.717) is 17.4 Å². The van der Waals surface area contributed by atoms with E-state index in [1.165, 1.54) is 25.6 Å². The maximum Gasteiger partial charge on any atom is 0.253 e. The van der Waals surface area contributed by atoms with Gasteiger partial charge in [0.2, 0.25) is 0 Å². The van der Waals surface area contributed by atoms with Crippen molar-refractivity contribution in [3.8, 4) is 5.82 Å². The second-order valence-electron chi connectivity index (χ2n) is 5.05. The van der Waals surface area contributed by atoms with Crippen molar-refractivity contribution in [2.75, 3.05) is 0 Å². The zero-order valence-electron chi connectivity index (χ0n) is 11.2. The molecule has 104 valence electrons. The highest BCUT2D eigenvalue weighted by Crippen LogP contribution is 2.17. The molecule has 1 aliphatic carbocycles. The highest BCUT2D eigenvalue weighted by Gasteiger charge is 2.16. The van der Waals surface area contributed by atoms with Gasteiger partial charge in [0.25, 0.3) is 5.91 Å². The number of aromatic nitrogens is 4. The number of hydrogen-bond acceptors (Lipinski definition) is 4. The minimum atomic E-state index is -0.0467. The number of nitrogens with zero attached hydrogens (tertiary/aromatic N) is 4. The Hall–Kier alpha value is -2.24. The van der Waals surface area contributed by atoms with Crippen LogP contribution in [0.1, 0.15) is 42.5 Å². The Morgan fingerprint density at radius 2 is 2.10 bits per heavy atom. The topological polar surface area (TPSA) is 72.7 Å². The van der Waals surface area contributed by atoms with Crippen LogP contribution in [0.3, 0.4) is 0 Å². The molecule has 2 aromatic rings. The van der Waals surface area contributed by atoms with Gasteiger partial charge in [-0.1, -0.05) is 19.3 Å². The van der Waals surface area contributed by atoms with Crippen LogP contribution in [0.25, 0.3) is 5.82 Å². The molecule has 1 N–H and O–H groups in total. The van der Waals surface area contributed by atoms with Gasteiger partial charge < -0.3 is 5.32 Å². The lowest BCUT2D eigenvalue weighted by Crippen LogP contribution is -2.36. The molecule has 6 heteroatoms. The van der Waals surface area contributed by atoms with Gasteiger partial charge in [-0.15, -0.1) is 0 Å². The van der Waals surface area contributed by atoms with Crippen molar-refractivity contribution in [2.24, 2.45) is 0 Å². The van der Waals surface area contributed by atoms with Gasteiger partial charge in [0.15, 0.2) is 5.82 Å². The summed E-state index contributed by atoms with van der Waals surface area (Å²) in [6.45, 7) is 0. The molecular formula is C14H17N5O. The Kier molecular flexibility index (Phi) is 3.71. The normalized spacial score (nSPS) is 16.0. The second-order valence-corrected chi connectivity index (χ2v) is 5.05. The van der Waals surface area contributed by atoms with E-state index < -0.39 is 0 Å². The van der Waals surface area contributed by atoms with E-state index >= 15 is 0 Å². The summed E-state index contributed by atoms with van der Waals surface area (Å²) < 4.78 is 1.56. The summed E-state index contributed by atoms with van der Waals surface area (Å²) in [5.74, 6) is 0.603. The summed E-state index contributed by atoms with van der Waals surface area (Å²) >= 11 is 0. The molecule has 0 aromatic carbocycles. The summed E-state index contributed by atoms with van der Waals surface area (Å²) in [5.41, 5.74) is 0.583. The molecule has 1 fully saturated rings. The first kappa shape index (κ1) is 12.8. The molecule has 0 aliphatic heterocycles. The number of carbonyl (C=O) groups is 1. The summed E-state index contributed by atoms with van der Waals surface area (Å²) in [5, 5.41) is 7.07. The van der Waals surface area contributed by atoms with Crippen LogP contribution < -0.4 is 5.32 Å². The van der Waals surface area contributed by atoms with E-state index in [-0.39, 0.29) is 5.91 Å². The fourth-order valence-corrected chi connectivity index (χ4v) is 2.50. The van der Waals surface area contributed by atoms with Crippen LogP contribution in [-0.2, 0) is 0 Å². The fraction of sp³-hybridized carbons (Fsp3) is 0.429. The molecule has 0 bridgehead atoms. The smallest absolute Gasteiger partial charge is 0.253 e. The molecule has 20 heavy (non-hydrogen) atoms. The van der Waals surface area contributed by atoms with Crippen LogP contribution in [0.5, 0.6) is 0 Å². The molecule has 0 atom stereocenters. The molecule has 0 unspecified atom stereocenters. The summed E-state index contributed by atoms with van der Waals surface area (Å²) in [7, 11) is 0. The molecule has 0 radical (unpaired) electrons. The van der Waals surface area contributed by atoms with Gasteiger partial charge in [0.1, 0.15) is 12.7 Å². The number of hydrogen-bond donors (Lipinski definition) is 1. The zero-order chi connectivity index (χ0) is 13.8. The Labute approximate surface area is 117 Å². The predicted octanol–water partition coefficient (Wildman–Crippen LogP) is 1.72. The Balaban J connectivity index is 1.66. The van der Waals surface area contributed by atoms with E-state index in [2.05, 4.69) is 20.4 Å². The third-order valence-electron chi connectivity index (χ3n) is 3.60. The van der Waals surface area contributed by atoms with Crippen molar-refractivity contribution in [3.63, 3.8) is 0 Å². The van der Waals surface area contributed by atoms with Gasteiger partial charge in [-0.25, -0.2) is 14.6 Å². The largest absolute Gasteiger partial charge is 0.349 e. The zero-order valence-corrected chi connectivity index (χ0v) is 11.2. The molecule has 0 saturated heterocycles. The van der Waals surface area contributed by atoms with Crippen molar-refractivity contribution < 1.29 is 4.79 Å². The van der Waals surface area contributed by atoms with Crippen molar-refractivity contribution >= 4 is 5.91 Å². The van der Waals surface area contributed by atoms with Crippen molar-refractivity contribution in [1.82, 2.24) is 25.1 Å². The lowest BCUT2D eigenvalue weighted by molar-refractivity contribution is 0.0927. The highest BCUT2D eigenvalue weighted by molar-refractivity contribution is 5.94. The van der Waals surface area contributed by atoms with Crippen LogP contribution in [-0.4, -0.2) is 31.7 Å². The minimum Gasteiger partial charge on any atom is -0.349 e. The number of carbonyl (C=O) groups excluding carboxylic acids is 1. The summed E-state index contributed by atoms with van der Waals surface area (Å²) in [4.78, 5) is 20.2. The molecule has 6 nitrogen and oxygen atoms in total. The molecule has 2 aromatic heterocycles. The number of rotatable bonds is 3. The molecule has 1 aliphatic rings. The third-order valence-corrected chi connectivity index (χ3v) is 3.60. The Bertz CT molecular complexity index is 558. The van der Waals surface area contributed by atoms with Gasteiger partial charge in [-0.3, -0.25) is 4.79 Å². The van der Waals surface area contributed by atoms with Gasteiger partial charge in [-0.2, -0.15) is 5.10 Å². The lowest BCUT2D eigenvalue weighted by Gasteiger charge is -2.22. The van der Waals surface area contributed by atoms with Crippen LogP contribution >= 0.6 is 0 Å². The predicted molar refractivity (Wildman–Crippen MR) is 73.5 cm³/mol. The van der Waals surface area contributed by atoms with Crippen molar-refractivity contribution in [2.45, 2.75) is 38.1 Å². The standard InChI is InChI=1S/C14H17N5O/c20-14(18-12-4-2-1-3-5-12)11-6-7-13(16-8-11)19-10-15-9-17-19/h6-10,12H,1-5H2,(H,18,20). The molecule has 1 amide bonds. The van der Waals surface area contributed by atoms with Crippen LogP contribution in [0.2, 0.25) is 0 Å². The second kappa shape index (κ2) is 5.81. The SMILES string of the molecule is O=C(NC1CCCCC1)c1ccc(-n2cncn2)nc1. The minimum absolute atomic E-state index is 0.0467. The highest BCUT2D eigenvalue weighted by atomic mass is 16.1. The first-order valence-electron chi connectivity index (χ1n) is 6.95. The maximum absolute atomic E-state index is 12.1. The molecular weight excluding hydrogens is 254 g/mol. The van der Waals surface area contributed by atoms with Gasteiger partial charge >= 0.3 is 0 Å². The Morgan fingerprint density at radius 3 is 2.75 bits per heavy atom. The van der Waals surface area contributed by atoms with Crippen LogP contribution in [0.4, 0.5) is 0 Å². The molecule has 2 heterocycles. The summed E-state index contributed by atoms with van der Waals surface area (Å²) in [6.07, 6.45) is 10.4. The van der Waals surface area contributed by atoms with Gasteiger partial charge in [0.05, 0.1) is 5.56 Å². The van der Waals surface area contributed by atoms with E-state index in [4.69, 9.17) is 0 Å². The van der Waals surface area contributed by atoms with E-state index in [0.717, 1.165) is 12.8 Å². The van der Waals surface area contributed by atoms with Crippen LogP contribution in [0.15, 0.2) is 31.0 Å². The van der Waals surface area contributed by atoms with Gasteiger partial charge in [-0.05, 0) is 25.0 Å². The van der Waals surface area contributed by atoms with E-state index in [1.807, 2.05) is 0 Å². The Morgan fingerprint density at radius 1 is 1.25 bits per heavy atom. The number of amides is 1. The van der Waals surface area contributed by atoms with Crippen molar-refractivity contribution in [1.29, 1.82) is 0 Å². The number of nitrogens with one attached hydrogen (secondary N) is 1. The molecule has 0 spiro atoms.